The van der Waals surface area contributed by atoms with Crippen molar-refractivity contribution < 1.29 is 28.2 Å². The highest BCUT2D eigenvalue weighted by molar-refractivity contribution is 5.90. The van der Waals surface area contributed by atoms with Crippen molar-refractivity contribution in [1.82, 2.24) is 5.06 Å². The molecule has 0 radical (unpaired) electrons. The molecule has 0 aliphatic carbocycles. The highest BCUT2D eigenvalue weighted by Crippen LogP contribution is 2.30. The smallest absolute Gasteiger partial charge is 0.414 e. The first-order valence-electron chi connectivity index (χ1n) is 9.94. The molecule has 0 aromatic heterocycles. The summed E-state index contributed by atoms with van der Waals surface area (Å²) in [5.74, 6) is -1.55. The number of cyclic esters (lactones) is 1. The van der Waals surface area contributed by atoms with Gasteiger partial charge < -0.3 is 24.6 Å². The quantitative estimate of drug-likeness (QED) is 0.512. The highest BCUT2D eigenvalue weighted by Gasteiger charge is 2.33. The molecule has 1 atom stereocenters. The molecule has 2 heterocycles. The topological polar surface area (TPSA) is 102 Å². The molecule has 2 saturated heterocycles. The van der Waals surface area contributed by atoms with Crippen LogP contribution < -0.4 is 9.80 Å². The summed E-state index contributed by atoms with van der Waals surface area (Å²) in [6.07, 6.45) is -0.299. The van der Waals surface area contributed by atoms with Crippen LogP contribution in [0.15, 0.2) is 18.2 Å². The Balaban J connectivity index is 1.63. The number of carbonyl (C=O) groups is 3. The Morgan fingerprint density at radius 3 is 2.63 bits per heavy atom. The first-order chi connectivity index (χ1) is 14.3. The van der Waals surface area contributed by atoms with Gasteiger partial charge in [0, 0.05) is 26.6 Å². The van der Waals surface area contributed by atoms with E-state index in [1.807, 2.05) is 4.90 Å². The zero-order valence-corrected chi connectivity index (χ0v) is 17.0. The van der Waals surface area contributed by atoms with E-state index < -0.39 is 23.9 Å². The molecular formula is C20H25FN3O6-. The van der Waals surface area contributed by atoms with E-state index in [4.69, 9.17) is 9.47 Å². The standard InChI is InChI=1S/C20H25FN3O6/c1-3-29-19(26)14-6-8-22(9-7-14)18-5-4-15(10-17(18)21)23-11-16(30-20(23)27)12-24(28)13(2)25/h4-5,10,14,16H,3,6-9,11-12H2,1-2H3/q-1. The minimum atomic E-state index is -0.774. The first kappa shape index (κ1) is 21.8. The molecule has 0 bridgehead atoms. The van der Waals surface area contributed by atoms with Crippen molar-refractivity contribution in [2.75, 3.05) is 42.6 Å². The van der Waals surface area contributed by atoms with E-state index in [9.17, 15) is 24.0 Å². The Hall–Kier alpha value is -2.88. The predicted octanol–water partition coefficient (Wildman–Crippen LogP) is 2.28. The average Bonchev–Trinajstić information content (AvgIpc) is 3.08. The number of hydrogen-bond donors (Lipinski definition) is 0. The zero-order valence-electron chi connectivity index (χ0n) is 17.0. The number of rotatable bonds is 6. The van der Waals surface area contributed by atoms with Gasteiger partial charge in [0.15, 0.2) is 0 Å². The zero-order chi connectivity index (χ0) is 21.8. The molecule has 3 rings (SSSR count). The van der Waals surface area contributed by atoms with Crippen LogP contribution in [0.2, 0.25) is 0 Å². The Labute approximate surface area is 173 Å². The van der Waals surface area contributed by atoms with Crippen molar-refractivity contribution in [2.24, 2.45) is 5.92 Å². The molecule has 1 aromatic carbocycles. The fourth-order valence-corrected chi connectivity index (χ4v) is 3.68. The number of nitrogens with zero attached hydrogens (tertiary/aromatic N) is 3. The number of hydrogen-bond acceptors (Lipinski definition) is 7. The second kappa shape index (κ2) is 9.29. The number of esters is 1. The summed E-state index contributed by atoms with van der Waals surface area (Å²) in [5.41, 5.74) is 0.706. The Morgan fingerprint density at radius 1 is 1.33 bits per heavy atom. The third kappa shape index (κ3) is 4.81. The molecule has 0 spiro atoms. The van der Waals surface area contributed by atoms with Gasteiger partial charge >= 0.3 is 12.1 Å². The van der Waals surface area contributed by atoms with E-state index in [1.54, 1.807) is 19.1 Å². The van der Waals surface area contributed by atoms with Crippen LogP contribution in [0.5, 0.6) is 0 Å². The van der Waals surface area contributed by atoms with Crippen molar-refractivity contribution in [3.63, 3.8) is 0 Å². The lowest BCUT2D eigenvalue weighted by atomic mass is 9.96. The lowest BCUT2D eigenvalue weighted by Gasteiger charge is -2.33. The van der Waals surface area contributed by atoms with Gasteiger partial charge in [-0.1, -0.05) is 0 Å². The van der Waals surface area contributed by atoms with E-state index in [0.29, 0.717) is 43.9 Å². The van der Waals surface area contributed by atoms with Crippen molar-refractivity contribution in [2.45, 2.75) is 32.8 Å². The van der Waals surface area contributed by atoms with Gasteiger partial charge in [-0.3, -0.25) is 14.5 Å². The van der Waals surface area contributed by atoms with E-state index in [0.717, 1.165) is 6.92 Å². The van der Waals surface area contributed by atoms with Crippen molar-refractivity contribution in [3.8, 4) is 0 Å². The molecule has 0 saturated carbocycles. The van der Waals surface area contributed by atoms with Crippen molar-refractivity contribution in [1.29, 1.82) is 0 Å². The molecule has 9 nitrogen and oxygen atoms in total. The van der Waals surface area contributed by atoms with Crippen molar-refractivity contribution in [3.05, 3.63) is 29.2 Å². The van der Waals surface area contributed by atoms with Gasteiger partial charge in [0.25, 0.3) is 0 Å². The summed E-state index contributed by atoms with van der Waals surface area (Å²) in [7, 11) is 0. The summed E-state index contributed by atoms with van der Waals surface area (Å²) >= 11 is 0. The van der Waals surface area contributed by atoms with Gasteiger partial charge in [-0.15, -0.1) is 0 Å². The number of ether oxygens (including phenoxy) is 2. The van der Waals surface area contributed by atoms with Crippen LogP contribution in [-0.4, -0.2) is 61.9 Å². The van der Waals surface area contributed by atoms with Crippen LogP contribution in [0.4, 0.5) is 20.6 Å². The van der Waals surface area contributed by atoms with Gasteiger partial charge in [0.05, 0.1) is 30.4 Å². The van der Waals surface area contributed by atoms with Crippen LogP contribution in [-0.2, 0) is 19.1 Å². The molecule has 2 amide bonds. The van der Waals surface area contributed by atoms with Gasteiger partial charge in [0.1, 0.15) is 11.9 Å². The predicted molar refractivity (Wildman–Crippen MR) is 106 cm³/mol. The molecule has 2 aliphatic heterocycles. The van der Waals surface area contributed by atoms with Crippen LogP contribution in [0, 0.1) is 16.9 Å². The van der Waals surface area contributed by atoms with Gasteiger partial charge in [0.2, 0.25) is 5.91 Å². The van der Waals surface area contributed by atoms with Gasteiger partial charge in [-0.05, 0) is 38.0 Å². The summed E-state index contributed by atoms with van der Waals surface area (Å²) < 4.78 is 24.9. The van der Waals surface area contributed by atoms with E-state index in [1.165, 1.54) is 11.0 Å². The normalized spacial score (nSPS) is 19.6. The Morgan fingerprint density at radius 2 is 2.03 bits per heavy atom. The number of amides is 2. The maximum Gasteiger partial charge on any atom is 0.414 e. The SMILES string of the molecule is CCOC(=O)C1CCN(c2ccc(N3CC(CN([O-])C(C)=O)OC3=O)cc2F)CC1. The minimum absolute atomic E-state index is 0.0502. The monoisotopic (exact) mass is 422 g/mol. The van der Waals surface area contributed by atoms with Crippen LogP contribution in [0.3, 0.4) is 0 Å². The number of benzene rings is 1. The van der Waals surface area contributed by atoms with Gasteiger partial charge in [-0.2, -0.15) is 0 Å². The lowest BCUT2D eigenvalue weighted by molar-refractivity contribution is -0.148. The maximum atomic E-state index is 14.8. The summed E-state index contributed by atoms with van der Waals surface area (Å²) in [6.45, 7) is 4.07. The lowest BCUT2D eigenvalue weighted by Crippen LogP contribution is -2.37. The van der Waals surface area contributed by atoms with Gasteiger partial charge in [-0.25, -0.2) is 9.18 Å². The van der Waals surface area contributed by atoms with E-state index in [2.05, 4.69) is 0 Å². The van der Waals surface area contributed by atoms with E-state index >= 15 is 0 Å². The maximum absolute atomic E-state index is 14.8. The third-order valence-corrected chi connectivity index (χ3v) is 5.29. The third-order valence-electron chi connectivity index (χ3n) is 5.29. The Kier molecular flexibility index (Phi) is 6.76. The number of halogens is 1. The second-order valence-electron chi connectivity index (χ2n) is 7.35. The molecule has 10 heteroatoms. The average molecular weight is 422 g/mol. The molecule has 1 unspecified atom stereocenters. The van der Waals surface area contributed by atoms with Crippen LogP contribution >= 0.6 is 0 Å². The number of piperidine rings is 1. The molecule has 2 fully saturated rings. The summed E-state index contributed by atoms with van der Waals surface area (Å²) in [4.78, 5) is 38.1. The summed E-state index contributed by atoms with van der Waals surface area (Å²) in [6, 6.07) is 4.45. The van der Waals surface area contributed by atoms with Crippen LogP contribution in [0.25, 0.3) is 0 Å². The fraction of sp³-hybridized carbons (Fsp3) is 0.550. The highest BCUT2D eigenvalue weighted by atomic mass is 19.1. The first-order valence-corrected chi connectivity index (χ1v) is 9.94. The summed E-state index contributed by atoms with van der Waals surface area (Å²) in [5, 5.41) is 11.7. The molecule has 30 heavy (non-hydrogen) atoms. The molecule has 164 valence electrons. The molecule has 1 aromatic rings. The number of hydroxylamine groups is 2. The van der Waals surface area contributed by atoms with Crippen molar-refractivity contribution >= 4 is 29.3 Å². The Bertz CT molecular complexity index is 812. The molecule has 2 aliphatic rings. The van der Waals surface area contributed by atoms with Crippen LogP contribution in [0.1, 0.15) is 26.7 Å². The minimum Gasteiger partial charge on any atom is -0.756 e. The molecular weight excluding hydrogens is 397 g/mol. The second-order valence-corrected chi connectivity index (χ2v) is 7.35. The number of anilines is 2. The number of carbonyl (C=O) groups excluding carboxylic acids is 3. The largest absolute Gasteiger partial charge is 0.756 e. The fourth-order valence-electron chi connectivity index (χ4n) is 3.68. The molecule has 0 N–H and O–H groups in total. The van der Waals surface area contributed by atoms with E-state index in [-0.39, 0.29) is 30.0 Å².